The Morgan fingerprint density at radius 3 is 1.41 bits per heavy atom. The normalized spacial score (nSPS) is 19.1. The second-order valence-corrected chi connectivity index (χ2v) is 12.8. The predicted octanol–water partition coefficient (Wildman–Crippen LogP) is 9.76. The minimum absolute atomic E-state index is 0.0570. The van der Waals surface area contributed by atoms with E-state index in [0.717, 1.165) is 17.1 Å². The van der Waals surface area contributed by atoms with E-state index in [1.807, 2.05) is 0 Å². The van der Waals surface area contributed by atoms with Crippen LogP contribution in [-0.4, -0.2) is 22.6 Å². The van der Waals surface area contributed by atoms with Crippen molar-refractivity contribution in [1.82, 2.24) is 0 Å². The highest BCUT2D eigenvalue weighted by Gasteiger charge is 2.31. The van der Waals surface area contributed by atoms with Crippen LogP contribution in [-0.2, 0) is 0 Å². The highest BCUT2D eigenvalue weighted by molar-refractivity contribution is 6.19. The van der Waals surface area contributed by atoms with Crippen LogP contribution in [0.15, 0.2) is 58.0 Å². The van der Waals surface area contributed by atoms with Crippen molar-refractivity contribution >= 4 is 22.8 Å². The van der Waals surface area contributed by atoms with Gasteiger partial charge in [0.15, 0.2) is 0 Å². The lowest BCUT2D eigenvalue weighted by Crippen LogP contribution is -2.35. The Bertz CT molecular complexity index is 1150. The molecule has 0 radical (unpaired) electrons. The van der Waals surface area contributed by atoms with Crippen molar-refractivity contribution in [2.24, 2.45) is 15.4 Å². The van der Waals surface area contributed by atoms with Crippen molar-refractivity contribution in [2.75, 3.05) is 0 Å². The molecule has 37 heavy (non-hydrogen) atoms. The molecule has 0 aliphatic heterocycles. The second kappa shape index (κ2) is 11.5. The van der Waals surface area contributed by atoms with Gasteiger partial charge in [-0.1, -0.05) is 118 Å². The van der Waals surface area contributed by atoms with Gasteiger partial charge < -0.3 is 5.11 Å². The van der Waals surface area contributed by atoms with Gasteiger partial charge in [-0.05, 0) is 57.4 Å². The number of aliphatic hydroxyl groups is 1. The molecule has 1 aliphatic carbocycles. The van der Waals surface area contributed by atoms with Crippen molar-refractivity contribution in [1.29, 1.82) is 0 Å². The number of hydrogen-bond acceptors (Lipinski definition) is 3. The maximum Gasteiger partial charge on any atom is 0.134 e. The third kappa shape index (κ3) is 6.49. The number of nitrogens with zero attached hydrogens (tertiary/aromatic N) is 2. The SMILES string of the molecule is CC(C)c1cccc(C(C)C)c1N=C1C=C(C(C)(C)C)CC(=Nc2c(C(C)C)cccc2C(C)C)C1O. The third-order valence-electron chi connectivity index (χ3n) is 7.43. The number of aliphatic imine (C=N–C) groups is 2. The molecule has 0 aromatic heterocycles. The summed E-state index contributed by atoms with van der Waals surface area (Å²) in [6, 6.07) is 13.0. The van der Waals surface area contributed by atoms with Gasteiger partial charge >= 0.3 is 0 Å². The summed E-state index contributed by atoms with van der Waals surface area (Å²) in [5.41, 5.74) is 9.56. The Kier molecular flexibility index (Phi) is 9.01. The summed E-state index contributed by atoms with van der Waals surface area (Å²) in [6.45, 7) is 24.4. The fourth-order valence-corrected chi connectivity index (χ4v) is 5.00. The topological polar surface area (TPSA) is 45.0 Å². The molecule has 0 saturated carbocycles. The van der Waals surface area contributed by atoms with Crippen molar-refractivity contribution in [3.63, 3.8) is 0 Å². The molecule has 0 amide bonds. The maximum absolute atomic E-state index is 11.7. The zero-order valence-electron chi connectivity index (χ0n) is 25.0. The predicted molar refractivity (Wildman–Crippen MR) is 162 cm³/mol. The van der Waals surface area contributed by atoms with E-state index in [1.54, 1.807) is 0 Å². The summed E-state index contributed by atoms with van der Waals surface area (Å²) in [6.07, 6.45) is 1.94. The van der Waals surface area contributed by atoms with Crippen LogP contribution in [0.25, 0.3) is 0 Å². The summed E-state index contributed by atoms with van der Waals surface area (Å²) < 4.78 is 0. The first-order chi connectivity index (χ1) is 17.2. The quantitative estimate of drug-likeness (QED) is 0.421. The molecule has 0 fully saturated rings. The van der Waals surface area contributed by atoms with E-state index in [1.165, 1.54) is 27.8 Å². The molecular formula is C34H48N2O. The fraction of sp³-hybridized carbons (Fsp3) is 0.529. The van der Waals surface area contributed by atoms with Crippen molar-refractivity contribution in [2.45, 2.75) is 112 Å². The van der Waals surface area contributed by atoms with Crippen molar-refractivity contribution < 1.29 is 5.11 Å². The average Bonchev–Trinajstić information content (AvgIpc) is 2.80. The molecule has 200 valence electrons. The van der Waals surface area contributed by atoms with Gasteiger partial charge in [0.1, 0.15) is 6.10 Å². The van der Waals surface area contributed by atoms with E-state index in [-0.39, 0.29) is 5.41 Å². The first kappa shape index (κ1) is 29.0. The standard InChI is InChI=1S/C34H48N2O/c1-20(2)25-14-12-15-26(21(3)4)31(25)35-29-18-24(34(9,10)11)19-30(33(29)37)36-32-27(22(5)6)16-13-17-28(32)23(7)8/h12-18,20-23,33,37H,19H2,1-11H3. The van der Waals surface area contributed by atoms with Crippen LogP contribution in [0.5, 0.6) is 0 Å². The molecule has 3 heteroatoms. The van der Waals surface area contributed by atoms with Crippen LogP contribution in [0.1, 0.15) is 129 Å². The number of para-hydroxylation sites is 2. The lowest BCUT2D eigenvalue weighted by Gasteiger charge is -2.31. The summed E-state index contributed by atoms with van der Waals surface area (Å²) in [4.78, 5) is 10.5. The molecule has 0 spiro atoms. The molecule has 1 atom stereocenters. The van der Waals surface area contributed by atoms with Crippen LogP contribution < -0.4 is 0 Å². The molecule has 0 saturated heterocycles. The number of benzene rings is 2. The van der Waals surface area contributed by atoms with Crippen LogP contribution in [0, 0.1) is 5.41 Å². The number of rotatable bonds is 6. The Morgan fingerprint density at radius 2 is 1.05 bits per heavy atom. The van der Waals surface area contributed by atoms with Gasteiger partial charge in [0.25, 0.3) is 0 Å². The Labute approximate surface area is 225 Å². The highest BCUT2D eigenvalue weighted by Crippen LogP contribution is 2.39. The molecular weight excluding hydrogens is 452 g/mol. The van der Waals surface area contributed by atoms with Crippen LogP contribution in [0.2, 0.25) is 0 Å². The average molecular weight is 501 g/mol. The maximum atomic E-state index is 11.7. The van der Waals surface area contributed by atoms with Gasteiger partial charge in [-0.25, -0.2) is 4.99 Å². The van der Waals surface area contributed by atoms with E-state index in [0.29, 0.717) is 35.8 Å². The monoisotopic (exact) mass is 500 g/mol. The first-order valence-electron chi connectivity index (χ1n) is 14.0. The molecule has 1 aliphatic rings. The number of allylic oxidation sites excluding steroid dienone is 1. The summed E-state index contributed by atoms with van der Waals surface area (Å²) in [7, 11) is 0. The van der Waals surface area contributed by atoms with Gasteiger partial charge in [-0.3, -0.25) is 4.99 Å². The minimum Gasteiger partial charge on any atom is -0.381 e. The number of aliphatic hydroxyl groups excluding tert-OH is 1. The summed E-state index contributed by atoms with van der Waals surface area (Å²) in [5.74, 6) is 1.36. The molecule has 1 N–H and O–H groups in total. The van der Waals surface area contributed by atoms with Gasteiger partial charge in [0.05, 0.1) is 22.8 Å². The zero-order valence-corrected chi connectivity index (χ0v) is 25.0. The molecule has 3 nitrogen and oxygen atoms in total. The van der Waals surface area contributed by atoms with Crippen molar-refractivity contribution in [3.05, 3.63) is 70.3 Å². The summed E-state index contributed by atoms with van der Waals surface area (Å²) >= 11 is 0. The van der Waals surface area contributed by atoms with Crippen LogP contribution in [0.3, 0.4) is 0 Å². The van der Waals surface area contributed by atoms with Crippen LogP contribution in [0.4, 0.5) is 11.4 Å². The Hall–Kier alpha value is -2.52. The van der Waals surface area contributed by atoms with Gasteiger partial charge in [0.2, 0.25) is 0 Å². The lowest BCUT2D eigenvalue weighted by atomic mass is 9.78. The molecule has 2 aromatic carbocycles. The smallest absolute Gasteiger partial charge is 0.134 e. The number of hydrogen-bond donors (Lipinski definition) is 1. The van der Waals surface area contributed by atoms with E-state index < -0.39 is 6.10 Å². The molecule has 0 bridgehead atoms. The Morgan fingerprint density at radius 1 is 0.676 bits per heavy atom. The molecule has 1 unspecified atom stereocenters. The largest absolute Gasteiger partial charge is 0.381 e. The van der Waals surface area contributed by atoms with Gasteiger partial charge in [-0.2, -0.15) is 0 Å². The summed E-state index contributed by atoms with van der Waals surface area (Å²) in [5, 5.41) is 11.7. The van der Waals surface area contributed by atoms with E-state index in [9.17, 15) is 5.11 Å². The van der Waals surface area contributed by atoms with Gasteiger partial charge in [0, 0.05) is 6.42 Å². The fourth-order valence-electron chi connectivity index (χ4n) is 5.00. The molecule has 0 heterocycles. The lowest BCUT2D eigenvalue weighted by molar-refractivity contribution is 0.301. The third-order valence-corrected chi connectivity index (χ3v) is 7.43. The minimum atomic E-state index is -0.841. The van der Waals surface area contributed by atoms with Crippen LogP contribution >= 0.6 is 0 Å². The highest BCUT2D eigenvalue weighted by atomic mass is 16.3. The zero-order chi connectivity index (χ0) is 27.7. The van der Waals surface area contributed by atoms with Crippen molar-refractivity contribution in [3.8, 4) is 0 Å². The van der Waals surface area contributed by atoms with Gasteiger partial charge in [-0.15, -0.1) is 0 Å². The first-order valence-corrected chi connectivity index (χ1v) is 14.0. The molecule has 3 rings (SSSR count). The van der Waals surface area contributed by atoms with E-state index in [2.05, 4.69) is 119 Å². The second-order valence-electron chi connectivity index (χ2n) is 12.8. The van der Waals surface area contributed by atoms with E-state index in [4.69, 9.17) is 9.98 Å². The molecule has 2 aromatic rings. The van der Waals surface area contributed by atoms with E-state index >= 15 is 0 Å². The Balaban J connectivity index is 2.29.